The van der Waals surface area contributed by atoms with Crippen molar-refractivity contribution >= 4 is 45.4 Å². The molecule has 0 bridgehead atoms. The molecule has 1 N–H and O–H groups in total. The molecule has 154 valence electrons. The molecule has 0 aliphatic carbocycles. The minimum atomic E-state index is 0.0280. The lowest BCUT2D eigenvalue weighted by molar-refractivity contribution is 0.364. The van der Waals surface area contributed by atoms with Gasteiger partial charge in [-0.3, -0.25) is 9.97 Å². The first-order chi connectivity index (χ1) is 15.3. The molecule has 2 aromatic carbocycles. The quantitative estimate of drug-likeness (QED) is 0.442. The van der Waals surface area contributed by atoms with E-state index in [9.17, 15) is 0 Å². The summed E-state index contributed by atoms with van der Waals surface area (Å²) in [6.45, 7) is 0.763. The molecule has 0 saturated carbocycles. The van der Waals surface area contributed by atoms with Gasteiger partial charge in [0.15, 0.2) is 5.11 Å². The van der Waals surface area contributed by atoms with Gasteiger partial charge in [-0.1, -0.05) is 42.5 Å². The molecule has 7 heteroatoms. The lowest BCUT2D eigenvalue weighted by Crippen LogP contribution is -2.37. The van der Waals surface area contributed by atoms with Gasteiger partial charge in [-0.05, 0) is 53.3 Å². The molecule has 1 atom stereocenters. The summed E-state index contributed by atoms with van der Waals surface area (Å²) in [6.07, 6.45) is 5.15. The minimum Gasteiger partial charge on any atom is -0.361 e. The van der Waals surface area contributed by atoms with Gasteiger partial charge >= 0.3 is 0 Å². The highest BCUT2D eigenvalue weighted by molar-refractivity contribution is 7.80. The first kappa shape index (κ1) is 19.8. The molecule has 0 amide bonds. The van der Waals surface area contributed by atoms with Crippen LogP contribution in [0.3, 0.4) is 0 Å². The Balaban J connectivity index is 1.38. The summed E-state index contributed by atoms with van der Waals surface area (Å²) in [7, 11) is 0. The maximum atomic E-state index is 5.77. The summed E-state index contributed by atoms with van der Waals surface area (Å²) >= 11 is 7.47. The van der Waals surface area contributed by atoms with Crippen LogP contribution < -0.4 is 5.32 Å². The summed E-state index contributed by atoms with van der Waals surface area (Å²) in [5.74, 6) is 0. The predicted molar refractivity (Wildman–Crippen MR) is 130 cm³/mol. The Morgan fingerprint density at radius 2 is 1.87 bits per heavy atom. The van der Waals surface area contributed by atoms with Crippen molar-refractivity contribution in [2.75, 3.05) is 6.54 Å². The van der Waals surface area contributed by atoms with Crippen LogP contribution in [-0.4, -0.2) is 32.3 Å². The molecule has 2 aromatic heterocycles. The van der Waals surface area contributed by atoms with E-state index in [0.29, 0.717) is 5.11 Å². The standard InChI is InChI=1S/C24H21N5S2/c30-24(27-11-10-17-5-2-1-3-6-17)29-22(16-21(28-29)23-7-4-14-31-23)18-8-9-19-20(15-18)26-13-12-25-19/h1-9,12-15,22H,10-11,16H2,(H,27,30). The van der Waals surface area contributed by atoms with Gasteiger partial charge in [-0.15, -0.1) is 11.3 Å². The van der Waals surface area contributed by atoms with Crippen molar-refractivity contribution in [2.45, 2.75) is 18.9 Å². The van der Waals surface area contributed by atoms with Crippen LogP contribution in [0.1, 0.15) is 28.5 Å². The van der Waals surface area contributed by atoms with Gasteiger partial charge in [0, 0.05) is 25.4 Å². The van der Waals surface area contributed by atoms with Gasteiger partial charge in [0.2, 0.25) is 0 Å². The molecule has 5 rings (SSSR count). The van der Waals surface area contributed by atoms with Crippen LogP contribution in [0.25, 0.3) is 11.0 Å². The van der Waals surface area contributed by atoms with Gasteiger partial charge in [0.05, 0.1) is 27.7 Å². The number of thiophene rings is 1. The Morgan fingerprint density at radius 3 is 2.68 bits per heavy atom. The van der Waals surface area contributed by atoms with Crippen molar-refractivity contribution in [1.82, 2.24) is 20.3 Å². The van der Waals surface area contributed by atoms with E-state index in [1.165, 1.54) is 10.4 Å². The second-order valence-electron chi connectivity index (χ2n) is 7.36. The molecule has 5 nitrogen and oxygen atoms in total. The number of thiocarbonyl (C=S) groups is 1. The third-order valence-corrected chi connectivity index (χ3v) is 6.59. The van der Waals surface area contributed by atoms with Crippen LogP contribution in [-0.2, 0) is 6.42 Å². The second-order valence-corrected chi connectivity index (χ2v) is 8.69. The molecular weight excluding hydrogens is 422 g/mol. The van der Waals surface area contributed by atoms with Gasteiger partial charge in [-0.2, -0.15) is 5.10 Å². The maximum Gasteiger partial charge on any atom is 0.190 e. The Kier molecular flexibility index (Phi) is 5.69. The van der Waals surface area contributed by atoms with Crippen molar-refractivity contribution in [3.63, 3.8) is 0 Å². The Morgan fingerprint density at radius 1 is 1.03 bits per heavy atom. The molecule has 0 spiro atoms. The highest BCUT2D eigenvalue weighted by Gasteiger charge is 2.32. The SMILES string of the molecule is S=C(NCCc1ccccc1)N1N=C(c2cccs2)CC1c1ccc2nccnc2c1. The number of fused-ring (bicyclic) bond motifs is 1. The van der Waals surface area contributed by atoms with E-state index in [0.717, 1.165) is 41.7 Å². The fourth-order valence-corrected chi connectivity index (χ4v) is 4.77. The van der Waals surface area contributed by atoms with E-state index in [-0.39, 0.29) is 6.04 Å². The molecule has 0 fully saturated rings. The Hall–Kier alpha value is -3.16. The van der Waals surface area contributed by atoms with Gasteiger partial charge in [0.25, 0.3) is 0 Å². The van der Waals surface area contributed by atoms with Crippen molar-refractivity contribution in [1.29, 1.82) is 0 Å². The zero-order valence-corrected chi connectivity index (χ0v) is 18.4. The zero-order chi connectivity index (χ0) is 21.0. The third-order valence-electron chi connectivity index (χ3n) is 5.33. The predicted octanol–water partition coefficient (Wildman–Crippen LogP) is 4.96. The van der Waals surface area contributed by atoms with Gasteiger partial charge in [-0.25, -0.2) is 5.01 Å². The molecular formula is C24H21N5S2. The average molecular weight is 444 g/mol. The van der Waals surface area contributed by atoms with Crippen LogP contribution in [0, 0.1) is 0 Å². The first-order valence-corrected chi connectivity index (χ1v) is 11.5. The van der Waals surface area contributed by atoms with Crippen molar-refractivity contribution < 1.29 is 0 Å². The zero-order valence-electron chi connectivity index (χ0n) is 16.8. The lowest BCUT2D eigenvalue weighted by Gasteiger charge is -2.25. The number of benzene rings is 2. The summed E-state index contributed by atoms with van der Waals surface area (Å²) in [5.41, 5.74) is 5.25. The molecule has 1 unspecified atom stereocenters. The second kappa shape index (κ2) is 8.91. The van der Waals surface area contributed by atoms with Crippen LogP contribution in [0.5, 0.6) is 0 Å². The van der Waals surface area contributed by atoms with E-state index < -0.39 is 0 Å². The van der Waals surface area contributed by atoms with Gasteiger partial charge < -0.3 is 5.32 Å². The maximum absolute atomic E-state index is 5.77. The van der Waals surface area contributed by atoms with Crippen LogP contribution in [0.15, 0.2) is 83.5 Å². The number of nitrogens with one attached hydrogen (secondary N) is 1. The first-order valence-electron chi connectivity index (χ1n) is 10.2. The van der Waals surface area contributed by atoms with E-state index in [1.54, 1.807) is 23.7 Å². The van der Waals surface area contributed by atoms with E-state index >= 15 is 0 Å². The molecule has 31 heavy (non-hydrogen) atoms. The summed E-state index contributed by atoms with van der Waals surface area (Å²) < 4.78 is 0. The Bertz CT molecular complexity index is 1220. The van der Waals surface area contributed by atoms with E-state index in [1.807, 2.05) is 17.1 Å². The molecule has 1 aliphatic heterocycles. The van der Waals surface area contributed by atoms with E-state index in [2.05, 4.69) is 69.2 Å². The molecule has 1 aliphatic rings. The highest BCUT2D eigenvalue weighted by Crippen LogP contribution is 2.34. The number of hydrazone groups is 1. The van der Waals surface area contributed by atoms with Crippen molar-refractivity contribution in [3.05, 3.63) is 94.4 Å². The minimum absolute atomic E-state index is 0.0280. The molecule has 3 heterocycles. The third kappa shape index (κ3) is 4.33. The van der Waals surface area contributed by atoms with Crippen molar-refractivity contribution in [3.8, 4) is 0 Å². The Labute approximate surface area is 190 Å². The molecule has 4 aromatic rings. The smallest absolute Gasteiger partial charge is 0.190 e. The number of aromatic nitrogens is 2. The van der Waals surface area contributed by atoms with Crippen LogP contribution in [0.2, 0.25) is 0 Å². The fraction of sp³-hybridized carbons (Fsp3) is 0.167. The van der Waals surface area contributed by atoms with E-state index in [4.69, 9.17) is 17.3 Å². The summed E-state index contributed by atoms with van der Waals surface area (Å²) in [6, 6.07) is 20.8. The monoisotopic (exact) mass is 443 g/mol. The number of nitrogens with zero attached hydrogens (tertiary/aromatic N) is 4. The van der Waals surface area contributed by atoms with Crippen LogP contribution in [0.4, 0.5) is 0 Å². The highest BCUT2D eigenvalue weighted by atomic mass is 32.1. The fourth-order valence-electron chi connectivity index (χ4n) is 3.78. The number of hydrogen-bond acceptors (Lipinski definition) is 5. The molecule has 0 saturated heterocycles. The topological polar surface area (TPSA) is 53.4 Å². The number of hydrogen-bond donors (Lipinski definition) is 1. The summed E-state index contributed by atoms with van der Waals surface area (Å²) in [5, 5.41) is 13.0. The summed E-state index contributed by atoms with van der Waals surface area (Å²) in [4.78, 5) is 10.0. The van der Waals surface area contributed by atoms with Gasteiger partial charge in [0.1, 0.15) is 0 Å². The van der Waals surface area contributed by atoms with Crippen molar-refractivity contribution in [2.24, 2.45) is 5.10 Å². The molecule has 0 radical (unpaired) electrons. The normalized spacial score (nSPS) is 15.8. The lowest BCUT2D eigenvalue weighted by atomic mass is 10.0. The van der Waals surface area contributed by atoms with Crippen LogP contribution >= 0.6 is 23.6 Å². The number of rotatable bonds is 5. The average Bonchev–Trinajstić information content (AvgIpc) is 3.50. The largest absolute Gasteiger partial charge is 0.361 e.